The molecule has 1 aliphatic carbocycles. The van der Waals surface area contributed by atoms with Crippen LogP contribution in [0.15, 0.2) is 203 Å². The van der Waals surface area contributed by atoms with Gasteiger partial charge in [-0.3, -0.25) is 0 Å². The van der Waals surface area contributed by atoms with Crippen molar-refractivity contribution in [3.8, 4) is 33.4 Å². The molecule has 0 amide bonds. The lowest BCUT2D eigenvalue weighted by atomic mass is 9.80. The normalized spacial score (nSPS) is 13.5. The molecule has 2 aromatic heterocycles. The lowest BCUT2D eigenvalue weighted by Crippen LogP contribution is -2.12. The fourth-order valence-electron chi connectivity index (χ4n) is 10.1. The number of benzene rings is 9. The SMILES string of the molecule is c1cc(-c2ccc3c(c2)oc2ccccc23)cc(N(c2cccc(-c3ccc4c(c3)oc3ccccc34)c2)c2ccccc2-c2cccc3cccc(C4CCCCC4)c23)c1. The van der Waals surface area contributed by atoms with Gasteiger partial charge in [0.15, 0.2) is 0 Å². The summed E-state index contributed by atoms with van der Waals surface area (Å²) in [4.78, 5) is 2.45. The predicted molar refractivity (Wildman–Crippen MR) is 255 cm³/mol. The van der Waals surface area contributed by atoms with E-state index in [1.807, 2.05) is 24.3 Å². The Hall–Kier alpha value is -7.36. The van der Waals surface area contributed by atoms with Gasteiger partial charge in [0.25, 0.3) is 0 Å². The molecule has 1 fully saturated rings. The van der Waals surface area contributed by atoms with Gasteiger partial charge in [-0.1, -0.05) is 147 Å². The summed E-state index contributed by atoms with van der Waals surface area (Å²) in [5.41, 5.74) is 15.3. The Morgan fingerprint density at radius 1 is 0.377 bits per heavy atom. The summed E-state index contributed by atoms with van der Waals surface area (Å²) < 4.78 is 12.7. The average molecular weight is 786 g/mol. The summed E-state index contributed by atoms with van der Waals surface area (Å²) in [7, 11) is 0. The van der Waals surface area contributed by atoms with Crippen LogP contribution in [0.5, 0.6) is 0 Å². The molecular formula is C58H43NO2. The van der Waals surface area contributed by atoms with Gasteiger partial charge < -0.3 is 13.7 Å². The molecule has 0 N–H and O–H groups in total. The van der Waals surface area contributed by atoms with Gasteiger partial charge in [-0.25, -0.2) is 0 Å². The van der Waals surface area contributed by atoms with Crippen molar-refractivity contribution in [3.05, 3.63) is 200 Å². The van der Waals surface area contributed by atoms with Gasteiger partial charge in [-0.2, -0.15) is 0 Å². The zero-order valence-corrected chi connectivity index (χ0v) is 33.9. The van der Waals surface area contributed by atoms with Crippen LogP contribution >= 0.6 is 0 Å². The van der Waals surface area contributed by atoms with E-state index in [9.17, 15) is 0 Å². The largest absolute Gasteiger partial charge is 0.456 e. The van der Waals surface area contributed by atoms with Crippen LogP contribution < -0.4 is 4.90 Å². The highest BCUT2D eigenvalue weighted by Gasteiger charge is 2.23. The minimum Gasteiger partial charge on any atom is -0.456 e. The summed E-state index contributed by atoms with van der Waals surface area (Å²) in [5.74, 6) is 0.573. The van der Waals surface area contributed by atoms with Crippen LogP contribution in [0.25, 0.3) is 88.0 Å². The maximum Gasteiger partial charge on any atom is 0.136 e. The topological polar surface area (TPSA) is 29.5 Å². The van der Waals surface area contributed by atoms with E-state index in [4.69, 9.17) is 8.83 Å². The third kappa shape index (κ3) is 6.19. The first-order chi connectivity index (χ1) is 30.2. The molecule has 12 rings (SSSR count). The van der Waals surface area contributed by atoms with Gasteiger partial charge in [-0.05, 0) is 130 Å². The molecule has 3 heteroatoms. The standard InChI is InChI=1S/C58H43NO2/c1-2-14-38(15-3-1)46-25-12-16-39-17-13-26-52(58(39)46)47-22-4-7-27-53(47)59(44-20-10-18-40(34-44)42-30-32-50-48-23-5-8-28-54(48)60-56(50)36-42)45-21-11-19-41(35-45)43-31-33-51-49-24-6-9-29-55(49)61-57(51)37-43/h4-13,16-38H,1-3,14-15H2. The highest BCUT2D eigenvalue weighted by Crippen LogP contribution is 2.47. The molecule has 0 spiro atoms. The second kappa shape index (κ2) is 14.7. The number of nitrogens with zero attached hydrogens (tertiary/aromatic N) is 1. The number of anilines is 3. The van der Waals surface area contributed by atoms with E-state index in [1.165, 1.54) is 59.6 Å². The van der Waals surface area contributed by atoms with Gasteiger partial charge >= 0.3 is 0 Å². The Morgan fingerprint density at radius 3 is 1.52 bits per heavy atom. The van der Waals surface area contributed by atoms with Crippen molar-refractivity contribution in [2.75, 3.05) is 4.90 Å². The smallest absolute Gasteiger partial charge is 0.136 e. The Labute approximate surface area is 355 Å². The van der Waals surface area contributed by atoms with E-state index in [0.717, 1.165) is 83.2 Å². The van der Waals surface area contributed by atoms with Crippen molar-refractivity contribution in [2.45, 2.75) is 38.0 Å². The van der Waals surface area contributed by atoms with Crippen molar-refractivity contribution in [1.29, 1.82) is 0 Å². The highest BCUT2D eigenvalue weighted by atomic mass is 16.3. The van der Waals surface area contributed by atoms with Crippen LogP contribution in [0.4, 0.5) is 17.1 Å². The van der Waals surface area contributed by atoms with Crippen LogP contribution in [0.2, 0.25) is 0 Å². The van der Waals surface area contributed by atoms with E-state index in [0.29, 0.717) is 5.92 Å². The number of rotatable bonds is 7. The van der Waals surface area contributed by atoms with Crippen LogP contribution in [0, 0.1) is 0 Å². The molecule has 0 saturated heterocycles. The molecule has 0 aliphatic heterocycles. The zero-order chi connectivity index (χ0) is 40.3. The molecule has 0 bridgehead atoms. The monoisotopic (exact) mass is 785 g/mol. The van der Waals surface area contributed by atoms with Gasteiger partial charge in [0.05, 0.1) is 5.69 Å². The van der Waals surface area contributed by atoms with E-state index in [1.54, 1.807) is 0 Å². The quantitative estimate of drug-likeness (QED) is 0.161. The number of fused-ring (bicyclic) bond motifs is 7. The summed E-state index contributed by atoms with van der Waals surface area (Å²) in [6.07, 6.45) is 6.43. The highest BCUT2D eigenvalue weighted by molar-refractivity contribution is 6.08. The summed E-state index contributed by atoms with van der Waals surface area (Å²) in [6.45, 7) is 0. The molecule has 9 aromatic carbocycles. The Bertz CT molecular complexity index is 3270. The van der Waals surface area contributed by atoms with E-state index >= 15 is 0 Å². The maximum atomic E-state index is 6.37. The van der Waals surface area contributed by atoms with Gasteiger partial charge in [0.1, 0.15) is 22.3 Å². The molecule has 1 saturated carbocycles. The molecule has 0 unspecified atom stereocenters. The maximum absolute atomic E-state index is 6.37. The van der Waals surface area contributed by atoms with Crippen molar-refractivity contribution < 1.29 is 8.83 Å². The molecule has 3 nitrogen and oxygen atoms in total. The number of para-hydroxylation sites is 3. The number of hydrogen-bond donors (Lipinski definition) is 0. The third-order valence-corrected chi connectivity index (χ3v) is 13.0. The number of hydrogen-bond acceptors (Lipinski definition) is 3. The molecule has 61 heavy (non-hydrogen) atoms. The Balaban J connectivity index is 1.04. The molecule has 11 aromatic rings. The molecule has 0 atom stereocenters. The van der Waals surface area contributed by atoms with Gasteiger partial charge in [-0.15, -0.1) is 0 Å². The molecule has 292 valence electrons. The lowest BCUT2D eigenvalue weighted by Gasteiger charge is -2.30. The second-order valence-corrected chi connectivity index (χ2v) is 16.7. The molecule has 1 aliphatic rings. The summed E-state index contributed by atoms with van der Waals surface area (Å²) in [6, 6.07) is 70.4. The van der Waals surface area contributed by atoms with Crippen molar-refractivity contribution >= 4 is 71.7 Å². The van der Waals surface area contributed by atoms with Crippen LogP contribution in [-0.2, 0) is 0 Å². The minimum atomic E-state index is 0.573. The second-order valence-electron chi connectivity index (χ2n) is 16.7. The van der Waals surface area contributed by atoms with Gasteiger partial charge in [0.2, 0.25) is 0 Å². The average Bonchev–Trinajstić information content (AvgIpc) is 3.90. The fourth-order valence-corrected chi connectivity index (χ4v) is 10.1. The summed E-state index contributed by atoms with van der Waals surface area (Å²) >= 11 is 0. The van der Waals surface area contributed by atoms with Crippen molar-refractivity contribution in [3.63, 3.8) is 0 Å². The molecular weight excluding hydrogens is 743 g/mol. The summed E-state index contributed by atoms with van der Waals surface area (Å²) in [5, 5.41) is 7.22. The van der Waals surface area contributed by atoms with Crippen molar-refractivity contribution in [2.24, 2.45) is 0 Å². The zero-order valence-electron chi connectivity index (χ0n) is 33.9. The fraction of sp³-hybridized carbons (Fsp3) is 0.103. The third-order valence-electron chi connectivity index (χ3n) is 13.0. The Morgan fingerprint density at radius 2 is 0.885 bits per heavy atom. The van der Waals surface area contributed by atoms with E-state index < -0.39 is 0 Å². The van der Waals surface area contributed by atoms with Crippen LogP contribution in [-0.4, -0.2) is 0 Å². The molecule has 2 heterocycles. The first-order valence-corrected chi connectivity index (χ1v) is 21.7. The van der Waals surface area contributed by atoms with Gasteiger partial charge in [0, 0.05) is 38.5 Å². The molecule has 0 radical (unpaired) electrons. The minimum absolute atomic E-state index is 0.573. The van der Waals surface area contributed by atoms with Crippen LogP contribution in [0.3, 0.4) is 0 Å². The van der Waals surface area contributed by atoms with E-state index in [-0.39, 0.29) is 0 Å². The van der Waals surface area contributed by atoms with Crippen LogP contribution in [0.1, 0.15) is 43.6 Å². The first-order valence-electron chi connectivity index (χ1n) is 21.7. The van der Waals surface area contributed by atoms with Crippen molar-refractivity contribution in [1.82, 2.24) is 0 Å². The number of furan rings is 2. The Kier molecular flexibility index (Phi) is 8.59. The lowest BCUT2D eigenvalue weighted by molar-refractivity contribution is 0.445. The first kappa shape index (κ1) is 35.6. The van der Waals surface area contributed by atoms with E-state index in [2.05, 4.69) is 175 Å². The predicted octanol–water partition coefficient (Wildman–Crippen LogP) is 17.2.